The fourth-order valence-corrected chi connectivity index (χ4v) is 9.23. The van der Waals surface area contributed by atoms with Crippen LogP contribution in [0.3, 0.4) is 0 Å². The molecule has 0 spiro atoms. The molecule has 9 aromatic rings. The molecule has 0 fully saturated rings. The number of methoxy groups -OCH3 is 1. The molecule has 0 saturated carbocycles. The van der Waals surface area contributed by atoms with Crippen LogP contribution in [0.5, 0.6) is 34.5 Å². The summed E-state index contributed by atoms with van der Waals surface area (Å²) >= 11 is 0. The molecule has 12 heteroatoms. The number of unbranched alkanes of at least 4 members (excludes halogenated alkanes) is 1. The Morgan fingerprint density at radius 3 is 1.24 bits per heavy atom. The van der Waals surface area contributed by atoms with Crippen molar-refractivity contribution >= 4 is 35.4 Å². The summed E-state index contributed by atoms with van der Waals surface area (Å²) in [5.74, 6) is 0.924. The topological polar surface area (TPSA) is 158 Å². The normalized spacial score (nSPS) is 10.8. The summed E-state index contributed by atoms with van der Waals surface area (Å²) in [6, 6.07) is 60.2. The SMILES string of the molecule is COc1ccc(Cc2ccc(OC(=O)c3ccc(C(=O)Oc4ccc(Cc5ccc(OC(=O)c6ccc(C(=O)CCCCOc7ccc(Cc8ccccc8OC(=O)c8ccc(C(C)=O)cc8)cc7)cc6)cc5)cc4)cc3)c(C)c2)cc1C. The highest BCUT2D eigenvalue weighted by atomic mass is 16.5. The monoisotopic (exact) mass is 1100 g/mol. The Morgan fingerprint density at radius 1 is 0.361 bits per heavy atom. The molecule has 0 atom stereocenters. The number of rotatable bonds is 23. The van der Waals surface area contributed by atoms with Gasteiger partial charge in [-0.1, -0.05) is 103 Å². The summed E-state index contributed by atoms with van der Waals surface area (Å²) < 4.78 is 34.0. The van der Waals surface area contributed by atoms with Gasteiger partial charge in [0.1, 0.15) is 34.5 Å². The first-order valence-electron chi connectivity index (χ1n) is 27.2. The maximum atomic E-state index is 13.1. The van der Waals surface area contributed by atoms with Crippen LogP contribution in [0.4, 0.5) is 0 Å². The third-order valence-corrected chi connectivity index (χ3v) is 13.9. The molecule has 0 aromatic heterocycles. The van der Waals surface area contributed by atoms with Gasteiger partial charge in [-0.3, -0.25) is 9.59 Å². The first-order valence-corrected chi connectivity index (χ1v) is 27.2. The zero-order chi connectivity index (χ0) is 58.2. The van der Waals surface area contributed by atoms with Crippen molar-refractivity contribution in [1.82, 2.24) is 0 Å². The fraction of sp³-hybridized carbons (Fsp3) is 0.155. The van der Waals surface area contributed by atoms with E-state index in [0.29, 0.717) is 95.3 Å². The van der Waals surface area contributed by atoms with Crippen molar-refractivity contribution in [2.75, 3.05) is 13.7 Å². The summed E-state index contributed by atoms with van der Waals surface area (Å²) in [4.78, 5) is 76.6. The molecular weight excluding hydrogens is 1040 g/mol. The zero-order valence-corrected chi connectivity index (χ0v) is 46.5. The Kier molecular flexibility index (Phi) is 18.9. The summed E-state index contributed by atoms with van der Waals surface area (Å²) in [7, 11) is 1.66. The number of ketones is 2. The fourth-order valence-electron chi connectivity index (χ4n) is 9.23. The van der Waals surface area contributed by atoms with Crippen LogP contribution in [0.25, 0.3) is 0 Å². The van der Waals surface area contributed by atoms with Crippen LogP contribution in [-0.2, 0) is 19.3 Å². The largest absolute Gasteiger partial charge is 0.496 e. The van der Waals surface area contributed by atoms with Crippen molar-refractivity contribution in [3.8, 4) is 34.5 Å². The second-order valence-corrected chi connectivity index (χ2v) is 20.0. The molecule has 416 valence electrons. The van der Waals surface area contributed by atoms with E-state index in [4.69, 9.17) is 28.4 Å². The van der Waals surface area contributed by atoms with Gasteiger partial charge in [0.25, 0.3) is 0 Å². The van der Waals surface area contributed by atoms with Gasteiger partial charge in [0, 0.05) is 24.0 Å². The van der Waals surface area contributed by atoms with Gasteiger partial charge in [-0.15, -0.1) is 0 Å². The van der Waals surface area contributed by atoms with Crippen molar-refractivity contribution in [3.63, 3.8) is 0 Å². The van der Waals surface area contributed by atoms with E-state index >= 15 is 0 Å². The van der Waals surface area contributed by atoms with Gasteiger partial charge in [0.15, 0.2) is 11.6 Å². The number of carbonyl (C=O) groups is 6. The second kappa shape index (κ2) is 27.3. The smallest absolute Gasteiger partial charge is 0.343 e. The van der Waals surface area contributed by atoms with Gasteiger partial charge < -0.3 is 28.4 Å². The van der Waals surface area contributed by atoms with Crippen molar-refractivity contribution in [1.29, 1.82) is 0 Å². The van der Waals surface area contributed by atoms with E-state index in [9.17, 15) is 28.8 Å². The number of benzene rings is 9. The lowest BCUT2D eigenvalue weighted by Crippen LogP contribution is -2.12. The Morgan fingerprint density at radius 2 is 0.759 bits per heavy atom. The van der Waals surface area contributed by atoms with E-state index in [2.05, 4.69) is 6.07 Å². The molecule has 0 heterocycles. The van der Waals surface area contributed by atoms with E-state index in [1.165, 1.54) is 31.2 Å². The molecule has 9 rings (SSSR count). The molecule has 83 heavy (non-hydrogen) atoms. The number of hydrogen-bond acceptors (Lipinski definition) is 12. The second-order valence-electron chi connectivity index (χ2n) is 20.0. The van der Waals surface area contributed by atoms with Gasteiger partial charge in [0.05, 0.1) is 36.0 Å². The zero-order valence-electron chi connectivity index (χ0n) is 46.5. The minimum Gasteiger partial charge on any atom is -0.496 e. The molecule has 0 aliphatic rings. The molecule has 0 bridgehead atoms. The summed E-state index contributed by atoms with van der Waals surface area (Å²) in [5.41, 5.74) is 10.2. The summed E-state index contributed by atoms with van der Waals surface area (Å²) in [5, 5.41) is 0. The first kappa shape index (κ1) is 57.5. The van der Waals surface area contributed by atoms with Gasteiger partial charge in [-0.2, -0.15) is 0 Å². The van der Waals surface area contributed by atoms with Crippen LogP contribution in [-0.4, -0.2) is 49.2 Å². The Hall–Kier alpha value is -10.2. The number of carbonyl (C=O) groups excluding carboxylic acids is 6. The van der Waals surface area contributed by atoms with Gasteiger partial charge in [-0.05, 0) is 194 Å². The molecule has 0 saturated heterocycles. The van der Waals surface area contributed by atoms with E-state index in [-0.39, 0.29) is 17.1 Å². The first-order chi connectivity index (χ1) is 40.2. The molecule has 0 unspecified atom stereocenters. The summed E-state index contributed by atoms with van der Waals surface area (Å²) in [6.45, 7) is 5.82. The Bertz CT molecular complexity index is 3770. The third kappa shape index (κ3) is 15.8. The highest BCUT2D eigenvalue weighted by Crippen LogP contribution is 2.28. The van der Waals surface area contributed by atoms with E-state index in [0.717, 1.165) is 56.7 Å². The standard InChI is InChI=1S/C71H60O12/c1-46-41-52(18-38-65(46)78-4)44-53-19-39-66(47(2)42-53)82-70(76)59-30-28-57(29-31-59)69(75)81-63-36-16-50(17-37-63)43-49-14-34-62(35-15-49)80-68(74)56-26-22-55(23-27-56)64(73)10-7-8-40-79-61-32-12-51(13-33-61)45-60-9-5-6-11-67(60)83-71(77)58-24-20-54(21-25-58)48(3)72/h5-6,9,11-39,41-42H,7-8,10,40,43-45H2,1-4H3. The lowest BCUT2D eigenvalue weighted by atomic mass is 10.0. The average Bonchev–Trinajstić information content (AvgIpc) is 3.64. The van der Waals surface area contributed by atoms with Gasteiger partial charge in [-0.25, -0.2) is 19.2 Å². The van der Waals surface area contributed by atoms with Gasteiger partial charge >= 0.3 is 23.9 Å². The number of esters is 4. The third-order valence-electron chi connectivity index (χ3n) is 13.9. The lowest BCUT2D eigenvalue weighted by Gasteiger charge is -2.11. The minimum atomic E-state index is -0.571. The van der Waals surface area contributed by atoms with Crippen molar-refractivity contribution in [2.45, 2.75) is 59.3 Å². The van der Waals surface area contributed by atoms with Crippen LogP contribution in [0.2, 0.25) is 0 Å². The number of aryl methyl sites for hydroxylation is 2. The van der Waals surface area contributed by atoms with Crippen LogP contribution >= 0.6 is 0 Å². The van der Waals surface area contributed by atoms with Crippen molar-refractivity contribution < 1.29 is 57.2 Å². The Labute approximate surface area is 482 Å². The number of para-hydroxylation sites is 1. The molecule has 0 aliphatic carbocycles. The lowest BCUT2D eigenvalue weighted by molar-refractivity contribution is 0.0720. The van der Waals surface area contributed by atoms with Crippen LogP contribution in [0.15, 0.2) is 206 Å². The summed E-state index contributed by atoms with van der Waals surface area (Å²) in [6.07, 6.45) is 3.45. The maximum Gasteiger partial charge on any atom is 0.343 e. The number of ether oxygens (including phenoxy) is 6. The van der Waals surface area contributed by atoms with E-state index in [1.807, 2.05) is 105 Å². The van der Waals surface area contributed by atoms with E-state index < -0.39 is 23.9 Å². The molecule has 0 radical (unpaired) electrons. The van der Waals surface area contributed by atoms with Crippen LogP contribution in [0, 0.1) is 13.8 Å². The number of hydrogen-bond donors (Lipinski definition) is 0. The van der Waals surface area contributed by atoms with Crippen LogP contribution in [0.1, 0.15) is 133 Å². The maximum absolute atomic E-state index is 13.1. The quantitative estimate of drug-likeness (QED) is 0.0259. The Balaban J connectivity index is 0.659. The van der Waals surface area contributed by atoms with Crippen molar-refractivity contribution in [3.05, 3.63) is 284 Å². The molecular formula is C71H60O12. The molecule has 9 aromatic carbocycles. The van der Waals surface area contributed by atoms with Crippen LogP contribution < -0.4 is 28.4 Å². The predicted octanol–water partition coefficient (Wildman–Crippen LogP) is 14.6. The molecule has 12 nitrogen and oxygen atoms in total. The number of Topliss-reactive ketones (excluding diaryl/α,β-unsaturated/α-hetero) is 2. The molecule has 0 aliphatic heterocycles. The molecule has 0 N–H and O–H groups in total. The van der Waals surface area contributed by atoms with Gasteiger partial charge in [0.2, 0.25) is 0 Å². The van der Waals surface area contributed by atoms with E-state index in [1.54, 1.807) is 92.0 Å². The highest BCUT2D eigenvalue weighted by Gasteiger charge is 2.17. The predicted molar refractivity (Wildman–Crippen MR) is 316 cm³/mol. The van der Waals surface area contributed by atoms with Crippen molar-refractivity contribution in [2.24, 2.45) is 0 Å². The average molecular weight is 1110 g/mol. The molecule has 0 amide bonds. The highest BCUT2D eigenvalue weighted by molar-refractivity contribution is 5.98. The minimum absolute atomic E-state index is 0.0355.